The van der Waals surface area contributed by atoms with E-state index < -0.39 is 0 Å². The maximum Gasteiger partial charge on any atom is 0.258 e. The third-order valence-corrected chi connectivity index (χ3v) is 4.99. The van der Waals surface area contributed by atoms with Crippen LogP contribution in [-0.4, -0.2) is 33.5 Å². The summed E-state index contributed by atoms with van der Waals surface area (Å²) in [6.45, 7) is -0.0171. The highest BCUT2D eigenvalue weighted by Crippen LogP contribution is 2.30. The van der Waals surface area contributed by atoms with Gasteiger partial charge in [-0.05, 0) is 54.1 Å². The molecule has 0 atom stereocenters. The molecule has 3 heterocycles. The van der Waals surface area contributed by atoms with Crippen molar-refractivity contribution < 1.29 is 9.59 Å². The van der Waals surface area contributed by atoms with E-state index in [1.165, 1.54) is 4.90 Å². The van der Waals surface area contributed by atoms with Gasteiger partial charge in [0.05, 0.1) is 22.6 Å². The van der Waals surface area contributed by atoms with Crippen LogP contribution in [0.5, 0.6) is 0 Å². The topological polar surface area (TPSA) is 91.0 Å². The van der Waals surface area contributed by atoms with Crippen LogP contribution in [0, 0.1) is 0 Å². The lowest BCUT2D eigenvalue weighted by atomic mass is 10.1. The van der Waals surface area contributed by atoms with Gasteiger partial charge in [0.15, 0.2) is 0 Å². The zero-order chi connectivity index (χ0) is 20.5. The quantitative estimate of drug-likeness (QED) is 0.553. The molecule has 2 amide bonds. The minimum absolute atomic E-state index is 0.0171. The van der Waals surface area contributed by atoms with Gasteiger partial charge < -0.3 is 5.32 Å². The van der Waals surface area contributed by atoms with E-state index in [4.69, 9.17) is 0 Å². The first-order chi connectivity index (χ1) is 14.7. The predicted molar refractivity (Wildman–Crippen MR) is 116 cm³/mol. The van der Waals surface area contributed by atoms with Crippen LogP contribution in [0.3, 0.4) is 0 Å². The fraction of sp³-hybridized carbons (Fsp3) is 0.0435. The van der Waals surface area contributed by atoms with Crippen molar-refractivity contribution in [1.82, 2.24) is 15.2 Å². The van der Waals surface area contributed by atoms with Gasteiger partial charge in [0.25, 0.3) is 5.91 Å². The zero-order valence-electron chi connectivity index (χ0n) is 15.9. The van der Waals surface area contributed by atoms with Crippen molar-refractivity contribution in [1.29, 1.82) is 0 Å². The van der Waals surface area contributed by atoms with Gasteiger partial charge >= 0.3 is 0 Å². The number of fused-ring (bicyclic) bond motifs is 2. The number of nitrogens with one attached hydrogen (secondary N) is 2. The van der Waals surface area contributed by atoms with Crippen molar-refractivity contribution in [3.63, 3.8) is 0 Å². The van der Waals surface area contributed by atoms with Crippen molar-refractivity contribution in [3.05, 3.63) is 83.8 Å². The Kier molecular flexibility index (Phi) is 4.33. The summed E-state index contributed by atoms with van der Waals surface area (Å²) in [5.41, 5.74) is 4.37. The molecule has 4 aromatic rings. The van der Waals surface area contributed by atoms with Crippen molar-refractivity contribution in [2.24, 2.45) is 0 Å². The monoisotopic (exact) mass is 395 g/mol. The van der Waals surface area contributed by atoms with E-state index in [-0.39, 0.29) is 18.4 Å². The average Bonchev–Trinajstić information content (AvgIpc) is 3.19. The van der Waals surface area contributed by atoms with E-state index in [1.807, 2.05) is 48.6 Å². The van der Waals surface area contributed by atoms with Crippen molar-refractivity contribution in [2.45, 2.75) is 0 Å². The van der Waals surface area contributed by atoms with Gasteiger partial charge in [-0.25, -0.2) is 0 Å². The Labute approximate surface area is 172 Å². The molecule has 5 rings (SSSR count). The molecule has 1 aliphatic rings. The molecule has 7 nitrogen and oxygen atoms in total. The Bertz CT molecular complexity index is 1290. The number of carbonyl (C=O) groups is 2. The van der Waals surface area contributed by atoms with E-state index in [1.54, 1.807) is 30.6 Å². The number of carbonyl (C=O) groups excluding carboxylic acids is 2. The number of para-hydroxylation sites is 2. The average molecular weight is 395 g/mol. The number of H-pyrrole nitrogens is 1. The van der Waals surface area contributed by atoms with Crippen LogP contribution >= 0.6 is 0 Å². The van der Waals surface area contributed by atoms with Gasteiger partial charge in [0.2, 0.25) is 5.91 Å². The van der Waals surface area contributed by atoms with Gasteiger partial charge in [0, 0.05) is 23.3 Å². The normalized spacial score (nSPS) is 13.5. The number of anilines is 2. The minimum Gasteiger partial charge on any atom is -0.323 e. The van der Waals surface area contributed by atoms with Crippen LogP contribution in [0.2, 0.25) is 0 Å². The number of amides is 2. The Morgan fingerprint density at radius 1 is 1.03 bits per heavy atom. The van der Waals surface area contributed by atoms with E-state index in [0.29, 0.717) is 16.9 Å². The SMILES string of the molecule is O=C1CN(C(=O)c2ccc3c(C=Cc4ccncc4)n[nH]c3c2)c2ccccc2N1. The molecule has 0 saturated heterocycles. The van der Waals surface area contributed by atoms with Crippen LogP contribution in [0.15, 0.2) is 67.0 Å². The summed E-state index contributed by atoms with van der Waals surface area (Å²) in [6, 6.07) is 16.5. The molecule has 0 unspecified atom stereocenters. The Hall–Kier alpha value is -4.26. The summed E-state index contributed by atoms with van der Waals surface area (Å²) >= 11 is 0. The highest BCUT2D eigenvalue weighted by molar-refractivity contribution is 6.15. The Morgan fingerprint density at radius 2 is 1.87 bits per heavy atom. The van der Waals surface area contributed by atoms with Gasteiger partial charge in [-0.2, -0.15) is 5.10 Å². The zero-order valence-corrected chi connectivity index (χ0v) is 15.9. The Balaban J connectivity index is 1.46. The maximum absolute atomic E-state index is 13.2. The molecule has 2 aromatic carbocycles. The van der Waals surface area contributed by atoms with Gasteiger partial charge in [-0.3, -0.25) is 24.6 Å². The highest BCUT2D eigenvalue weighted by Gasteiger charge is 2.27. The van der Waals surface area contributed by atoms with Crippen molar-refractivity contribution >= 4 is 46.2 Å². The fourth-order valence-electron chi connectivity index (χ4n) is 3.52. The molecule has 0 fully saturated rings. The first kappa shape index (κ1) is 17.8. The van der Waals surface area contributed by atoms with Gasteiger partial charge in [0.1, 0.15) is 6.54 Å². The first-order valence-corrected chi connectivity index (χ1v) is 9.46. The number of rotatable bonds is 3. The molecule has 7 heteroatoms. The lowest BCUT2D eigenvalue weighted by Crippen LogP contribution is -2.42. The number of pyridine rings is 1. The maximum atomic E-state index is 13.2. The Morgan fingerprint density at radius 3 is 2.73 bits per heavy atom. The minimum atomic E-state index is -0.234. The summed E-state index contributed by atoms with van der Waals surface area (Å²) in [4.78, 5) is 30.7. The number of hydrogen-bond acceptors (Lipinski definition) is 4. The number of nitrogens with zero attached hydrogens (tertiary/aromatic N) is 3. The number of hydrogen-bond donors (Lipinski definition) is 2. The summed E-state index contributed by atoms with van der Waals surface area (Å²) in [5, 5.41) is 11.0. The number of aromatic amines is 1. The second-order valence-corrected chi connectivity index (χ2v) is 6.94. The molecule has 0 bridgehead atoms. The molecule has 2 N–H and O–H groups in total. The smallest absolute Gasteiger partial charge is 0.258 e. The van der Waals surface area contributed by atoms with Gasteiger partial charge in [-0.1, -0.05) is 18.2 Å². The highest BCUT2D eigenvalue weighted by atomic mass is 16.2. The summed E-state index contributed by atoms with van der Waals surface area (Å²) in [7, 11) is 0. The molecule has 2 aromatic heterocycles. The van der Waals surface area contributed by atoms with E-state index in [2.05, 4.69) is 20.5 Å². The van der Waals surface area contributed by atoms with Gasteiger partial charge in [-0.15, -0.1) is 0 Å². The summed E-state index contributed by atoms with van der Waals surface area (Å²) < 4.78 is 0. The van der Waals surface area contributed by atoms with E-state index in [0.717, 1.165) is 22.2 Å². The molecule has 0 aliphatic carbocycles. The van der Waals surface area contributed by atoms with Crippen LogP contribution in [0.4, 0.5) is 11.4 Å². The lowest BCUT2D eigenvalue weighted by Gasteiger charge is -2.29. The van der Waals surface area contributed by atoms with Crippen LogP contribution in [0.25, 0.3) is 23.1 Å². The second kappa shape index (κ2) is 7.29. The van der Waals surface area contributed by atoms with Crippen LogP contribution in [-0.2, 0) is 4.79 Å². The summed E-state index contributed by atoms with van der Waals surface area (Å²) in [6.07, 6.45) is 7.35. The molecular weight excluding hydrogens is 378 g/mol. The molecule has 30 heavy (non-hydrogen) atoms. The molecular formula is C23H17N5O2. The molecule has 1 aliphatic heterocycles. The molecule has 0 spiro atoms. The molecule has 0 radical (unpaired) electrons. The second-order valence-electron chi connectivity index (χ2n) is 6.94. The van der Waals surface area contributed by atoms with Crippen LogP contribution in [0.1, 0.15) is 21.6 Å². The van der Waals surface area contributed by atoms with Crippen molar-refractivity contribution in [3.8, 4) is 0 Å². The molecule has 0 saturated carbocycles. The fourth-order valence-corrected chi connectivity index (χ4v) is 3.52. The summed E-state index contributed by atoms with van der Waals surface area (Å²) in [5.74, 6) is -0.448. The van der Waals surface area contributed by atoms with Crippen LogP contribution < -0.4 is 10.2 Å². The van der Waals surface area contributed by atoms with Crippen molar-refractivity contribution in [2.75, 3.05) is 16.8 Å². The standard InChI is InChI=1S/C23H17N5O2/c29-22-14-28(21-4-2-1-3-19(21)25-22)23(30)16-6-7-17-18(26-27-20(17)13-16)8-5-15-9-11-24-12-10-15/h1-13H,14H2,(H,25,29)(H,26,27). The lowest BCUT2D eigenvalue weighted by molar-refractivity contribution is -0.115. The third kappa shape index (κ3) is 3.22. The largest absolute Gasteiger partial charge is 0.323 e. The first-order valence-electron chi connectivity index (χ1n) is 9.46. The van der Waals surface area contributed by atoms with E-state index >= 15 is 0 Å². The number of aromatic nitrogens is 3. The third-order valence-electron chi connectivity index (χ3n) is 4.99. The number of benzene rings is 2. The van der Waals surface area contributed by atoms with E-state index in [9.17, 15) is 9.59 Å². The molecule has 146 valence electrons. The predicted octanol–water partition coefficient (Wildman–Crippen LogP) is 3.73.